The number of thioether (sulfide) groups is 2. The van der Waals surface area contributed by atoms with Gasteiger partial charge in [0.15, 0.2) is 5.16 Å². The maximum atomic E-state index is 12.8. The molecule has 0 saturated heterocycles. The maximum Gasteiger partial charge on any atom is 0.230 e. The Morgan fingerprint density at radius 1 is 1.24 bits per heavy atom. The summed E-state index contributed by atoms with van der Waals surface area (Å²) in [4.78, 5) is 24.8. The maximum absolute atomic E-state index is 12.8. The van der Waals surface area contributed by atoms with Gasteiger partial charge in [-0.1, -0.05) is 60.8 Å². The SMILES string of the molecule is CCCSc1nc(SCC(=O)N[C@@H](C)CCc2ccccc2)c2c3c(sc2n1)COC(C)(C)C3. The standard InChI is InChI=1S/C26H33N3O2S3/c1-5-13-32-25-28-23(22-19-14-26(3,4)31-15-20(19)34-24(22)29-25)33-16-21(30)27-17(2)11-12-18-9-7-6-8-10-18/h6-10,17H,5,11-16H2,1-4H3,(H,27,30)/t17-/m0/s1. The third kappa shape index (κ3) is 6.53. The predicted octanol–water partition coefficient (Wildman–Crippen LogP) is 6.27. The van der Waals surface area contributed by atoms with E-state index >= 15 is 0 Å². The van der Waals surface area contributed by atoms with Crippen LogP contribution in [0.25, 0.3) is 10.2 Å². The molecule has 182 valence electrons. The van der Waals surface area contributed by atoms with Gasteiger partial charge < -0.3 is 10.1 Å². The summed E-state index contributed by atoms with van der Waals surface area (Å²) in [6, 6.07) is 10.5. The van der Waals surface area contributed by atoms with E-state index in [0.717, 1.165) is 51.8 Å². The zero-order chi connectivity index (χ0) is 24.1. The molecule has 1 aliphatic heterocycles. The number of nitrogens with zero attached hydrogens (tertiary/aromatic N) is 2. The first-order chi connectivity index (χ1) is 16.3. The number of aryl methyl sites for hydroxylation is 1. The second kappa shape index (κ2) is 11.4. The topological polar surface area (TPSA) is 64.1 Å². The van der Waals surface area contributed by atoms with Crippen molar-refractivity contribution < 1.29 is 9.53 Å². The van der Waals surface area contributed by atoms with E-state index in [2.05, 4.69) is 57.3 Å². The molecule has 3 aromatic rings. The minimum Gasteiger partial charge on any atom is -0.370 e. The molecule has 0 unspecified atom stereocenters. The number of fused-ring (bicyclic) bond motifs is 3. The number of carbonyl (C=O) groups excluding carboxylic acids is 1. The second-order valence-corrected chi connectivity index (χ2v) is 12.5. The normalized spacial score (nSPS) is 15.8. The molecule has 34 heavy (non-hydrogen) atoms. The number of nitrogens with one attached hydrogen (secondary N) is 1. The van der Waals surface area contributed by atoms with E-state index in [1.54, 1.807) is 23.1 Å². The molecule has 0 fully saturated rings. The third-order valence-electron chi connectivity index (χ3n) is 5.77. The summed E-state index contributed by atoms with van der Waals surface area (Å²) in [5.41, 5.74) is 2.39. The van der Waals surface area contributed by atoms with E-state index in [1.165, 1.54) is 27.8 Å². The number of benzene rings is 1. The fraction of sp³-hybridized carbons (Fsp3) is 0.500. The summed E-state index contributed by atoms with van der Waals surface area (Å²) in [7, 11) is 0. The van der Waals surface area contributed by atoms with Crippen molar-refractivity contribution in [2.45, 2.75) is 81.8 Å². The Morgan fingerprint density at radius 3 is 2.79 bits per heavy atom. The monoisotopic (exact) mass is 515 g/mol. The highest BCUT2D eigenvalue weighted by atomic mass is 32.2. The Labute approximate surface area is 214 Å². The van der Waals surface area contributed by atoms with Gasteiger partial charge in [-0.15, -0.1) is 11.3 Å². The number of ether oxygens (including phenoxy) is 1. The van der Waals surface area contributed by atoms with E-state index in [-0.39, 0.29) is 17.6 Å². The Bertz CT molecular complexity index is 1130. The van der Waals surface area contributed by atoms with E-state index in [0.29, 0.717) is 12.4 Å². The molecule has 4 rings (SSSR count). The molecule has 5 nitrogen and oxygen atoms in total. The van der Waals surface area contributed by atoms with Gasteiger partial charge in [0.25, 0.3) is 0 Å². The average molecular weight is 516 g/mol. The van der Waals surface area contributed by atoms with Crippen LogP contribution in [0.15, 0.2) is 40.5 Å². The number of hydrogen-bond acceptors (Lipinski definition) is 7. The first-order valence-corrected chi connectivity index (χ1v) is 14.7. The van der Waals surface area contributed by atoms with Crippen LogP contribution in [0.1, 0.15) is 56.5 Å². The minimum atomic E-state index is -0.204. The summed E-state index contributed by atoms with van der Waals surface area (Å²) in [5.74, 6) is 1.38. The van der Waals surface area contributed by atoms with Crippen LogP contribution >= 0.6 is 34.9 Å². The quantitative estimate of drug-likeness (QED) is 0.195. The number of hydrogen-bond donors (Lipinski definition) is 1. The lowest BCUT2D eigenvalue weighted by Crippen LogP contribution is -2.34. The van der Waals surface area contributed by atoms with Crippen LogP contribution in [0.2, 0.25) is 0 Å². The summed E-state index contributed by atoms with van der Waals surface area (Å²) < 4.78 is 6.04. The number of thiophene rings is 1. The van der Waals surface area contributed by atoms with Crippen molar-refractivity contribution in [3.63, 3.8) is 0 Å². The first-order valence-electron chi connectivity index (χ1n) is 11.9. The van der Waals surface area contributed by atoms with Gasteiger partial charge in [0.1, 0.15) is 9.86 Å². The van der Waals surface area contributed by atoms with Crippen molar-refractivity contribution in [3.05, 3.63) is 46.3 Å². The molecule has 0 aliphatic carbocycles. The molecule has 0 saturated carbocycles. The molecule has 8 heteroatoms. The number of aromatic nitrogens is 2. The van der Waals surface area contributed by atoms with Gasteiger partial charge in [-0.05, 0) is 51.2 Å². The van der Waals surface area contributed by atoms with Crippen molar-refractivity contribution in [2.24, 2.45) is 0 Å². The van der Waals surface area contributed by atoms with Gasteiger partial charge in [-0.3, -0.25) is 4.79 Å². The third-order valence-corrected chi connectivity index (χ3v) is 8.90. The molecule has 0 bridgehead atoms. The molecule has 2 aromatic heterocycles. The van der Waals surface area contributed by atoms with Crippen molar-refractivity contribution in [3.8, 4) is 0 Å². The average Bonchev–Trinajstić information content (AvgIpc) is 3.17. The van der Waals surface area contributed by atoms with Crippen LogP contribution in [0.3, 0.4) is 0 Å². The van der Waals surface area contributed by atoms with E-state index < -0.39 is 0 Å². The van der Waals surface area contributed by atoms with Gasteiger partial charge in [0.05, 0.1) is 18.0 Å². The van der Waals surface area contributed by atoms with Crippen molar-refractivity contribution in [2.75, 3.05) is 11.5 Å². The fourth-order valence-electron chi connectivity index (χ4n) is 4.01. The smallest absolute Gasteiger partial charge is 0.230 e. The molecule has 1 aromatic carbocycles. The highest BCUT2D eigenvalue weighted by Crippen LogP contribution is 2.42. The van der Waals surface area contributed by atoms with Gasteiger partial charge >= 0.3 is 0 Å². The summed E-state index contributed by atoms with van der Waals surface area (Å²) >= 11 is 4.92. The van der Waals surface area contributed by atoms with Crippen LogP contribution in [0.4, 0.5) is 0 Å². The molecule has 1 amide bonds. The Kier molecular flexibility index (Phi) is 8.56. The fourth-order valence-corrected chi connectivity index (χ4v) is 6.85. The van der Waals surface area contributed by atoms with Crippen LogP contribution in [0, 0.1) is 0 Å². The summed E-state index contributed by atoms with van der Waals surface area (Å²) in [5, 5.41) is 6.00. The lowest BCUT2D eigenvalue weighted by atomic mass is 9.95. The van der Waals surface area contributed by atoms with Crippen LogP contribution < -0.4 is 5.32 Å². The summed E-state index contributed by atoms with van der Waals surface area (Å²) in [6.07, 6.45) is 3.78. The van der Waals surface area contributed by atoms with Gasteiger partial charge in [0.2, 0.25) is 5.91 Å². The lowest BCUT2D eigenvalue weighted by Gasteiger charge is -2.30. The van der Waals surface area contributed by atoms with Crippen molar-refractivity contribution in [1.82, 2.24) is 15.3 Å². The molecule has 0 radical (unpaired) electrons. The van der Waals surface area contributed by atoms with Gasteiger partial charge in [-0.2, -0.15) is 0 Å². The first kappa shape index (κ1) is 25.5. The molecule has 1 atom stereocenters. The van der Waals surface area contributed by atoms with Crippen LogP contribution in [-0.2, 0) is 29.0 Å². The van der Waals surface area contributed by atoms with E-state index in [4.69, 9.17) is 14.7 Å². The zero-order valence-corrected chi connectivity index (χ0v) is 22.8. The van der Waals surface area contributed by atoms with Crippen LogP contribution in [-0.4, -0.2) is 39.0 Å². The largest absolute Gasteiger partial charge is 0.370 e. The molecule has 1 N–H and O–H groups in total. The minimum absolute atomic E-state index is 0.0489. The number of rotatable bonds is 10. The van der Waals surface area contributed by atoms with Crippen molar-refractivity contribution in [1.29, 1.82) is 0 Å². The Hall–Kier alpha value is -1.61. The molecular formula is C26H33N3O2S3. The Balaban J connectivity index is 1.46. The van der Waals surface area contributed by atoms with Crippen molar-refractivity contribution >= 4 is 51.0 Å². The zero-order valence-electron chi connectivity index (χ0n) is 20.3. The molecule has 3 heterocycles. The Morgan fingerprint density at radius 2 is 2.03 bits per heavy atom. The van der Waals surface area contributed by atoms with E-state index in [1.807, 2.05) is 6.07 Å². The molecule has 0 spiro atoms. The van der Waals surface area contributed by atoms with E-state index in [9.17, 15) is 4.79 Å². The second-order valence-electron chi connectivity index (χ2n) is 9.35. The van der Waals surface area contributed by atoms with Gasteiger partial charge in [0, 0.05) is 28.5 Å². The van der Waals surface area contributed by atoms with Crippen LogP contribution in [0.5, 0.6) is 0 Å². The highest BCUT2D eigenvalue weighted by molar-refractivity contribution is 8.00. The lowest BCUT2D eigenvalue weighted by molar-refractivity contribution is -0.119. The molecular weight excluding hydrogens is 483 g/mol. The predicted molar refractivity (Wildman–Crippen MR) is 144 cm³/mol. The van der Waals surface area contributed by atoms with Gasteiger partial charge in [-0.25, -0.2) is 9.97 Å². The molecule has 1 aliphatic rings. The number of amides is 1. The summed E-state index contributed by atoms with van der Waals surface area (Å²) in [6.45, 7) is 9.11. The highest BCUT2D eigenvalue weighted by Gasteiger charge is 2.31. The number of carbonyl (C=O) groups is 1.